The van der Waals surface area contributed by atoms with Crippen LogP contribution in [0.5, 0.6) is 0 Å². The van der Waals surface area contributed by atoms with Gasteiger partial charge in [0, 0.05) is 22.9 Å². The van der Waals surface area contributed by atoms with Crippen LogP contribution in [0.25, 0.3) is 10.4 Å². The van der Waals surface area contributed by atoms with E-state index in [1.807, 2.05) is 18.4 Å². The second-order valence-electron chi connectivity index (χ2n) is 5.30. The van der Waals surface area contributed by atoms with E-state index in [4.69, 9.17) is 4.74 Å². The van der Waals surface area contributed by atoms with Gasteiger partial charge in [-0.05, 0) is 36.2 Å². The number of rotatable bonds is 6. The van der Waals surface area contributed by atoms with E-state index >= 15 is 0 Å². The minimum absolute atomic E-state index is 0.420. The average molecular weight is 289 g/mol. The van der Waals surface area contributed by atoms with Crippen molar-refractivity contribution in [1.29, 1.82) is 0 Å². The second-order valence-corrected chi connectivity index (χ2v) is 6.42. The third kappa shape index (κ3) is 3.29. The summed E-state index contributed by atoms with van der Waals surface area (Å²) in [6.07, 6.45) is 0. The van der Waals surface area contributed by atoms with Gasteiger partial charge < -0.3 is 10.1 Å². The summed E-state index contributed by atoms with van der Waals surface area (Å²) in [5.41, 5.74) is 2.53. The minimum Gasteiger partial charge on any atom is -0.380 e. The Kier molecular flexibility index (Phi) is 5.35. The van der Waals surface area contributed by atoms with Crippen LogP contribution in [0.3, 0.4) is 0 Å². The quantitative estimate of drug-likeness (QED) is 0.846. The highest BCUT2D eigenvalue weighted by molar-refractivity contribution is 7.15. The van der Waals surface area contributed by atoms with Crippen LogP contribution in [0.15, 0.2) is 36.4 Å². The molecule has 1 N–H and O–H groups in total. The molecule has 0 bridgehead atoms. The highest BCUT2D eigenvalue weighted by Crippen LogP contribution is 2.35. The summed E-state index contributed by atoms with van der Waals surface area (Å²) in [6.45, 7) is 5.15. The lowest BCUT2D eigenvalue weighted by atomic mass is 10.0. The van der Waals surface area contributed by atoms with Crippen molar-refractivity contribution < 1.29 is 4.74 Å². The topological polar surface area (TPSA) is 21.3 Å². The van der Waals surface area contributed by atoms with E-state index < -0.39 is 0 Å². The first kappa shape index (κ1) is 15.2. The van der Waals surface area contributed by atoms with Crippen LogP contribution in [0.4, 0.5) is 0 Å². The molecule has 108 valence electrons. The molecule has 0 fully saturated rings. The van der Waals surface area contributed by atoms with Crippen molar-refractivity contribution in [2.75, 3.05) is 14.2 Å². The molecule has 3 heteroatoms. The highest BCUT2D eigenvalue weighted by Gasteiger charge is 2.16. The molecular weight excluding hydrogens is 266 g/mol. The zero-order valence-corrected chi connectivity index (χ0v) is 13.5. The molecule has 1 atom stereocenters. The molecule has 1 heterocycles. The van der Waals surface area contributed by atoms with Crippen LogP contribution in [0.2, 0.25) is 0 Å². The number of benzene rings is 1. The Bertz CT molecular complexity index is 547. The molecule has 0 radical (unpaired) electrons. The molecule has 2 rings (SSSR count). The lowest BCUT2D eigenvalue weighted by Crippen LogP contribution is -2.20. The number of ether oxygens (including phenoxy) is 1. The lowest BCUT2D eigenvalue weighted by molar-refractivity contribution is 0.185. The molecule has 0 saturated heterocycles. The van der Waals surface area contributed by atoms with Gasteiger partial charge in [0.2, 0.25) is 0 Å². The van der Waals surface area contributed by atoms with Gasteiger partial charge in [0.05, 0.1) is 6.61 Å². The first-order valence-corrected chi connectivity index (χ1v) is 7.83. The first-order chi connectivity index (χ1) is 9.67. The Balaban J connectivity index is 2.33. The molecule has 2 nitrogen and oxygen atoms in total. The maximum atomic E-state index is 5.30. The van der Waals surface area contributed by atoms with Crippen molar-refractivity contribution in [3.63, 3.8) is 0 Å². The van der Waals surface area contributed by atoms with Crippen molar-refractivity contribution in [3.8, 4) is 10.4 Å². The molecule has 1 aromatic heterocycles. The second kappa shape index (κ2) is 7.02. The Morgan fingerprint density at radius 2 is 1.90 bits per heavy atom. The largest absolute Gasteiger partial charge is 0.380 e. The standard InChI is InChI=1S/C17H23NOS/c1-12(2)17(18-3)16-10-9-15(20-16)14-8-6-5-7-13(14)11-19-4/h5-10,12,17-18H,11H2,1-4H3. The summed E-state index contributed by atoms with van der Waals surface area (Å²) in [5, 5.41) is 3.41. The minimum atomic E-state index is 0.420. The van der Waals surface area contributed by atoms with Crippen LogP contribution < -0.4 is 5.32 Å². The van der Waals surface area contributed by atoms with E-state index in [-0.39, 0.29) is 0 Å². The molecule has 0 aliphatic heterocycles. The number of hydrogen-bond acceptors (Lipinski definition) is 3. The van der Waals surface area contributed by atoms with Gasteiger partial charge in [-0.1, -0.05) is 38.1 Å². The predicted octanol–water partition coefficient (Wildman–Crippen LogP) is 4.48. The summed E-state index contributed by atoms with van der Waals surface area (Å²) in [5.74, 6) is 0.584. The van der Waals surface area contributed by atoms with Gasteiger partial charge in [-0.2, -0.15) is 0 Å². The predicted molar refractivity (Wildman–Crippen MR) is 87.1 cm³/mol. The van der Waals surface area contributed by atoms with Crippen LogP contribution in [-0.2, 0) is 11.3 Å². The van der Waals surface area contributed by atoms with E-state index in [1.54, 1.807) is 7.11 Å². The van der Waals surface area contributed by atoms with Gasteiger partial charge >= 0.3 is 0 Å². The van der Waals surface area contributed by atoms with Crippen molar-refractivity contribution in [3.05, 3.63) is 46.8 Å². The Morgan fingerprint density at radius 3 is 2.55 bits per heavy atom. The van der Waals surface area contributed by atoms with Gasteiger partial charge in [-0.25, -0.2) is 0 Å². The van der Waals surface area contributed by atoms with E-state index in [2.05, 4.69) is 55.6 Å². The summed E-state index contributed by atoms with van der Waals surface area (Å²) >= 11 is 1.87. The Hall–Kier alpha value is -1.16. The van der Waals surface area contributed by atoms with Crippen molar-refractivity contribution in [2.24, 2.45) is 5.92 Å². The summed E-state index contributed by atoms with van der Waals surface area (Å²) in [7, 11) is 3.77. The van der Waals surface area contributed by atoms with Crippen molar-refractivity contribution in [1.82, 2.24) is 5.32 Å². The molecule has 0 spiro atoms. The SMILES string of the molecule is CNC(c1ccc(-c2ccccc2COC)s1)C(C)C. The number of nitrogens with one attached hydrogen (secondary N) is 1. The van der Waals surface area contributed by atoms with Crippen molar-refractivity contribution >= 4 is 11.3 Å². The Labute approximate surface area is 125 Å². The lowest BCUT2D eigenvalue weighted by Gasteiger charge is -2.18. The van der Waals surface area contributed by atoms with E-state index in [9.17, 15) is 0 Å². The smallest absolute Gasteiger partial charge is 0.0719 e. The molecule has 0 amide bonds. The maximum absolute atomic E-state index is 5.30. The van der Waals surface area contributed by atoms with Gasteiger partial charge in [0.15, 0.2) is 0 Å². The van der Waals surface area contributed by atoms with Crippen LogP contribution >= 0.6 is 11.3 Å². The van der Waals surface area contributed by atoms with Gasteiger partial charge in [0.25, 0.3) is 0 Å². The molecule has 20 heavy (non-hydrogen) atoms. The molecule has 1 aromatic carbocycles. The summed E-state index contributed by atoms with van der Waals surface area (Å²) < 4.78 is 5.30. The number of thiophene rings is 1. The van der Waals surface area contributed by atoms with Crippen LogP contribution in [0.1, 0.15) is 30.3 Å². The third-order valence-corrected chi connectivity index (χ3v) is 4.70. The van der Waals surface area contributed by atoms with Crippen molar-refractivity contribution in [2.45, 2.75) is 26.5 Å². The molecule has 1 unspecified atom stereocenters. The zero-order valence-electron chi connectivity index (χ0n) is 12.6. The first-order valence-electron chi connectivity index (χ1n) is 7.01. The molecule has 0 saturated carbocycles. The molecular formula is C17H23NOS. The van der Waals surface area contributed by atoms with Gasteiger partial charge in [-0.15, -0.1) is 11.3 Å². The fourth-order valence-corrected chi connectivity index (χ4v) is 3.86. The Morgan fingerprint density at radius 1 is 1.15 bits per heavy atom. The highest BCUT2D eigenvalue weighted by atomic mass is 32.1. The zero-order chi connectivity index (χ0) is 14.5. The average Bonchev–Trinajstić information content (AvgIpc) is 2.89. The van der Waals surface area contributed by atoms with E-state index in [0.29, 0.717) is 18.6 Å². The number of methoxy groups -OCH3 is 1. The summed E-state index contributed by atoms with van der Waals surface area (Å²) in [4.78, 5) is 2.71. The van der Waals surface area contributed by atoms with Crippen LogP contribution in [-0.4, -0.2) is 14.2 Å². The van der Waals surface area contributed by atoms with E-state index in [1.165, 1.54) is 20.9 Å². The molecule has 0 aliphatic carbocycles. The summed E-state index contributed by atoms with van der Waals surface area (Å²) in [6, 6.07) is 13.3. The monoisotopic (exact) mass is 289 g/mol. The number of hydrogen-bond donors (Lipinski definition) is 1. The fraction of sp³-hybridized carbons (Fsp3) is 0.412. The normalized spacial score (nSPS) is 12.8. The fourth-order valence-electron chi connectivity index (χ4n) is 2.51. The molecule has 0 aliphatic rings. The van der Waals surface area contributed by atoms with E-state index in [0.717, 1.165) is 0 Å². The molecule has 2 aromatic rings. The third-order valence-electron chi connectivity index (χ3n) is 3.49. The van der Waals surface area contributed by atoms with Gasteiger partial charge in [0.1, 0.15) is 0 Å². The van der Waals surface area contributed by atoms with Gasteiger partial charge in [-0.3, -0.25) is 0 Å². The maximum Gasteiger partial charge on any atom is 0.0719 e. The van der Waals surface area contributed by atoms with Crippen LogP contribution in [0, 0.1) is 5.92 Å².